The number of carbonyl (C=O) groups is 1. The first-order chi connectivity index (χ1) is 26.8. The van der Waals surface area contributed by atoms with Gasteiger partial charge in [-0.15, -0.1) is 0 Å². The van der Waals surface area contributed by atoms with Crippen molar-refractivity contribution in [2.45, 2.75) is 328 Å². The van der Waals surface area contributed by atoms with Crippen LogP contribution in [0.2, 0.25) is 0 Å². The molecule has 0 unspecified atom stereocenters. The molecule has 0 aromatic rings. The van der Waals surface area contributed by atoms with Gasteiger partial charge in [-0.1, -0.05) is 315 Å². The van der Waals surface area contributed by atoms with Crippen LogP contribution in [0.5, 0.6) is 0 Å². The van der Waals surface area contributed by atoms with Crippen molar-refractivity contribution in [2.75, 3.05) is 0 Å². The van der Waals surface area contributed by atoms with E-state index in [0.29, 0.717) is 6.42 Å². The van der Waals surface area contributed by atoms with E-state index in [2.05, 4.69) is 6.92 Å². The largest absolute Gasteiger partial charge is 0.370 e. The molecule has 0 aromatic carbocycles. The molecule has 2 heteroatoms. The molecule has 0 radical (unpaired) electrons. The molecule has 0 aliphatic heterocycles. The van der Waals surface area contributed by atoms with Gasteiger partial charge in [0.1, 0.15) is 0 Å². The molecule has 0 bridgehead atoms. The topological polar surface area (TPSA) is 43.1 Å². The Bertz CT molecular complexity index is 661. The lowest BCUT2D eigenvalue weighted by molar-refractivity contribution is -0.118. The number of rotatable bonds is 50. The van der Waals surface area contributed by atoms with Gasteiger partial charge in [0.05, 0.1) is 0 Å². The summed E-state index contributed by atoms with van der Waals surface area (Å²) >= 11 is 0. The van der Waals surface area contributed by atoms with Gasteiger partial charge in [0.25, 0.3) is 0 Å². The van der Waals surface area contributed by atoms with Gasteiger partial charge in [-0.05, 0) is 6.42 Å². The van der Waals surface area contributed by atoms with E-state index >= 15 is 0 Å². The Hall–Kier alpha value is -0.530. The van der Waals surface area contributed by atoms with Crippen LogP contribution in [0.3, 0.4) is 0 Å². The monoisotopic (exact) mass is 760 g/mol. The second-order valence-electron chi connectivity index (χ2n) is 18.2. The van der Waals surface area contributed by atoms with Gasteiger partial charge in [0.2, 0.25) is 5.91 Å². The average Bonchev–Trinajstić information content (AvgIpc) is 3.17. The smallest absolute Gasteiger partial charge is 0.217 e. The minimum atomic E-state index is -0.146. The molecule has 2 nitrogen and oxygen atoms in total. The maximum Gasteiger partial charge on any atom is 0.217 e. The SMILES string of the molecule is CCCCCCCCCCCCCCCCCCCCCCCCCCCCCCCCCCCCCCCCCCCCCCCCCCCC(N)=O. The quantitative estimate of drug-likeness (QED) is 0.0617. The van der Waals surface area contributed by atoms with E-state index in [4.69, 9.17) is 5.73 Å². The van der Waals surface area contributed by atoms with E-state index < -0.39 is 0 Å². The van der Waals surface area contributed by atoms with E-state index in [1.165, 1.54) is 308 Å². The molecule has 0 spiro atoms. The van der Waals surface area contributed by atoms with E-state index in [1.807, 2.05) is 0 Å². The third-order valence-electron chi connectivity index (χ3n) is 12.5. The summed E-state index contributed by atoms with van der Waals surface area (Å²) in [5, 5.41) is 0. The van der Waals surface area contributed by atoms with Crippen LogP contribution in [0.4, 0.5) is 0 Å². The molecule has 0 aromatic heterocycles. The fraction of sp³-hybridized carbons (Fsp3) is 0.981. The normalized spacial score (nSPS) is 11.6. The summed E-state index contributed by atoms with van der Waals surface area (Å²) in [5.74, 6) is -0.146. The van der Waals surface area contributed by atoms with Crippen LogP contribution >= 0.6 is 0 Å². The molecule has 1 amide bonds. The van der Waals surface area contributed by atoms with Crippen molar-refractivity contribution in [3.8, 4) is 0 Å². The van der Waals surface area contributed by atoms with E-state index in [-0.39, 0.29) is 5.91 Å². The van der Waals surface area contributed by atoms with Crippen molar-refractivity contribution in [1.29, 1.82) is 0 Å². The maximum absolute atomic E-state index is 10.7. The number of hydrogen-bond acceptors (Lipinski definition) is 1. The number of hydrogen-bond donors (Lipinski definition) is 1. The van der Waals surface area contributed by atoms with Crippen molar-refractivity contribution in [1.82, 2.24) is 0 Å². The number of primary amides is 1. The highest BCUT2D eigenvalue weighted by molar-refractivity contribution is 5.73. The molecular formula is C52H105NO. The Morgan fingerprint density at radius 1 is 0.222 bits per heavy atom. The summed E-state index contributed by atoms with van der Waals surface area (Å²) in [7, 11) is 0. The first kappa shape index (κ1) is 53.5. The fourth-order valence-corrected chi connectivity index (χ4v) is 8.68. The highest BCUT2D eigenvalue weighted by atomic mass is 16.1. The van der Waals surface area contributed by atoms with E-state index in [0.717, 1.165) is 6.42 Å². The molecule has 0 fully saturated rings. The third-order valence-corrected chi connectivity index (χ3v) is 12.5. The standard InChI is InChI=1S/C52H105NO/c1-2-3-4-5-6-7-8-9-10-11-12-13-14-15-16-17-18-19-20-21-22-23-24-25-26-27-28-29-30-31-32-33-34-35-36-37-38-39-40-41-42-43-44-45-46-47-48-49-50-51-52(53)54/h2-51H2,1H3,(H2,53,54). The van der Waals surface area contributed by atoms with Gasteiger partial charge in [-0.2, -0.15) is 0 Å². The molecule has 0 saturated heterocycles. The highest BCUT2D eigenvalue weighted by Gasteiger charge is 1.99. The maximum atomic E-state index is 10.7. The first-order valence-electron chi connectivity index (χ1n) is 26.1. The van der Waals surface area contributed by atoms with Crippen LogP contribution in [0, 0.1) is 0 Å². The van der Waals surface area contributed by atoms with Gasteiger partial charge in [0.15, 0.2) is 0 Å². The lowest BCUT2D eigenvalue weighted by Crippen LogP contribution is -2.09. The Kier molecular flexibility index (Phi) is 50.0. The lowest BCUT2D eigenvalue weighted by Gasteiger charge is -2.05. The molecule has 0 aliphatic rings. The van der Waals surface area contributed by atoms with E-state index in [9.17, 15) is 4.79 Å². The Morgan fingerprint density at radius 2 is 0.333 bits per heavy atom. The molecule has 0 heterocycles. The minimum absolute atomic E-state index is 0.146. The highest BCUT2D eigenvalue weighted by Crippen LogP contribution is 2.18. The summed E-state index contributed by atoms with van der Waals surface area (Å²) in [5.41, 5.74) is 5.19. The van der Waals surface area contributed by atoms with Gasteiger partial charge in [-0.3, -0.25) is 4.79 Å². The Labute approximate surface area is 343 Å². The predicted molar refractivity (Wildman–Crippen MR) is 246 cm³/mol. The van der Waals surface area contributed by atoms with Crippen molar-refractivity contribution in [3.05, 3.63) is 0 Å². The van der Waals surface area contributed by atoms with Crippen LogP contribution in [0.15, 0.2) is 0 Å². The molecular weight excluding hydrogens is 655 g/mol. The number of carbonyl (C=O) groups excluding carboxylic acids is 1. The van der Waals surface area contributed by atoms with Gasteiger partial charge in [0, 0.05) is 6.42 Å². The summed E-state index contributed by atoms with van der Waals surface area (Å²) in [6, 6.07) is 0. The number of nitrogens with two attached hydrogens (primary N) is 1. The molecule has 0 saturated carbocycles. The van der Waals surface area contributed by atoms with Crippen LogP contribution in [-0.4, -0.2) is 5.91 Å². The zero-order valence-electron chi connectivity index (χ0n) is 37.8. The molecule has 54 heavy (non-hydrogen) atoms. The summed E-state index contributed by atoms with van der Waals surface area (Å²) in [6.45, 7) is 2.31. The van der Waals surface area contributed by atoms with Crippen molar-refractivity contribution in [2.24, 2.45) is 5.73 Å². The van der Waals surface area contributed by atoms with Crippen LogP contribution in [0.1, 0.15) is 328 Å². The first-order valence-corrected chi connectivity index (χ1v) is 26.1. The van der Waals surface area contributed by atoms with Crippen molar-refractivity contribution in [3.63, 3.8) is 0 Å². The zero-order valence-corrected chi connectivity index (χ0v) is 37.8. The Morgan fingerprint density at radius 3 is 0.444 bits per heavy atom. The fourth-order valence-electron chi connectivity index (χ4n) is 8.68. The van der Waals surface area contributed by atoms with Crippen LogP contribution in [-0.2, 0) is 4.79 Å². The van der Waals surface area contributed by atoms with Crippen LogP contribution < -0.4 is 5.73 Å². The number of unbranched alkanes of at least 4 members (excludes halogenated alkanes) is 48. The third kappa shape index (κ3) is 51.5. The lowest BCUT2D eigenvalue weighted by atomic mass is 10.0. The molecule has 0 atom stereocenters. The van der Waals surface area contributed by atoms with E-state index in [1.54, 1.807) is 0 Å². The van der Waals surface area contributed by atoms with Crippen molar-refractivity contribution < 1.29 is 4.79 Å². The second kappa shape index (κ2) is 50.5. The zero-order chi connectivity index (χ0) is 38.9. The van der Waals surface area contributed by atoms with Gasteiger partial charge in [-0.25, -0.2) is 0 Å². The summed E-state index contributed by atoms with van der Waals surface area (Å²) in [6.07, 6.45) is 71.6. The number of amides is 1. The molecule has 2 N–H and O–H groups in total. The summed E-state index contributed by atoms with van der Waals surface area (Å²) in [4.78, 5) is 10.7. The second-order valence-corrected chi connectivity index (χ2v) is 18.2. The minimum Gasteiger partial charge on any atom is -0.370 e. The predicted octanol–water partition coefficient (Wildman–Crippen LogP) is 19.0. The molecule has 0 rings (SSSR count). The van der Waals surface area contributed by atoms with Gasteiger partial charge >= 0.3 is 0 Å². The van der Waals surface area contributed by atoms with Crippen molar-refractivity contribution >= 4 is 5.91 Å². The van der Waals surface area contributed by atoms with Gasteiger partial charge < -0.3 is 5.73 Å². The van der Waals surface area contributed by atoms with Crippen LogP contribution in [0.25, 0.3) is 0 Å². The molecule has 0 aliphatic carbocycles. The summed E-state index contributed by atoms with van der Waals surface area (Å²) < 4.78 is 0. The average molecular weight is 760 g/mol. The Balaban J connectivity index is 3.05. The molecule has 324 valence electrons.